The third-order valence-corrected chi connectivity index (χ3v) is 11.2. The second-order valence-corrected chi connectivity index (χ2v) is 16.7. The molecule has 2 heterocycles. The molecule has 0 aromatic heterocycles. The van der Waals surface area contributed by atoms with Crippen molar-refractivity contribution in [2.45, 2.75) is 126 Å². The largest absolute Gasteiger partial charge is 0.508 e. The smallest absolute Gasteiger partial charge is 0.326 e. The molecule has 0 radical (unpaired) electrons. The lowest BCUT2D eigenvalue weighted by Gasteiger charge is -2.31. The second kappa shape index (κ2) is 26.5. The molecule has 69 heavy (non-hydrogen) atoms. The van der Waals surface area contributed by atoms with E-state index in [1.807, 2.05) is 0 Å². The number of nitrogens with one attached hydrogen (secondary N) is 7. The average molecular weight is 978 g/mol. The maximum absolute atomic E-state index is 13.8. The number of carbonyl (C=O) groups is 11. The lowest BCUT2D eigenvalue weighted by molar-refractivity contribution is -0.149. The van der Waals surface area contributed by atoms with Crippen molar-refractivity contribution >= 4 is 65.0 Å². The van der Waals surface area contributed by atoms with Gasteiger partial charge in [-0.1, -0.05) is 12.1 Å². The number of carboxylic acid groups (broad SMARTS) is 1. The molecule has 2 saturated heterocycles. The Bertz CT molecular complexity index is 2060. The predicted molar refractivity (Wildman–Crippen MR) is 237 cm³/mol. The third-order valence-electron chi connectivity index (χ3n) is 11.2. The number of rotatable bonds is 25. The number of primary amides is 1. The summed E-state index contributed by atoms with van der Waals surface area (Å²) in [6.07, 6.45) is -1.45. The lowest BCUT2D eigenvalue weighted by Crippen LogP contribution is -2.62. The Morgan fingerprint density at radius 1 is 0.681 bits per heavy atom. The lowest BCUT2D eigenvalue weighted by atomic mass is 10.0. The first-order valence-corrected chi connectivity index (χ1v) is 22.1. The summed E-state index contributed by atoms with van der Waals surface area (Å²) in [5.41, 5.74) is 11.2. The van der Waals surface area contributed by atoms with Crippen molar-refractivity contribution in [3.8, 4) is 5.75 Å². The van der Waals surface area contributed by atoms with E-state index in [4.69, 9.17) is 11.5 Å². The number of amides is 10. The quantitative estimate of drug-likeness (QED) is 0.0433. The van der Waals surface area contributed by atoms with E-state index in [1.54, 1.807) is 0 Å². The molecule has 2 aliphatic rings. The number of carboxylic acids is 1. The van der Waals surface area contributed by atoms with E-state index in [0.717, 1.165) is 9.80 Å². The van der Waals surface area contributed by atoms with E-state index >= 15 is 0 Å². The third kappa shape index (κ3) is 16.6. The van der Waals surface area contributed by atoms with Gasteiger partial charge in [-0.3, -0.25) is 47.9 Å². The van der Waals surface area contributed by atoms with Gasteiger partial charge in [0.15, 0.2) is 0 Å². The maximum Gasteiger partial charge on any atom is 0.326 e. The highest BCUT2D eigenvalue weighted by molar-refractivity contribution is 5.98. The molecule has 2 fully saturated rings. The van der Waals surface area contributed by atoms with E-state index in [2.05, 4.69) is 37.2 Å². The molecule has 1 aromatic rings. The number of likely N-dealkylation sites (tertiary alicyclic amines) is 2. The van der Waals surface area contributed by atoms with Crippen LogP contribution in [0.4, 0.5) is 0 Å². The first-order valence-electron chi connectivity index (χ1n) is 22.1. The first-order chi connectivity index (χ1) is 32.5. The number of phenols is 1. The highest BCUT2D eigenvalue weighted by Crippen LogP contribution is 2.21. The summed E-state index contributed by atoms with van der Waals surface area (Å²) in [6.45, 7) is 1.16. The molecule has 2 aliphatic heterocycles. The van der Waals surface area contributed by atoms with Gasteiger partial charge in [-0.15, -0.1) is 0 Å². The van der Waals surface area contributed by atoms with Crippen LogP contribution in [0.3, 0.4) is 0 Å². The Balaban J connectivity index is 1.68. The Morgan fingerprint density at radius 2 is 1.20 bits per heavy atom. The first kappa shape index (κ1) is 56.4. The number of phenolic OH excluding ortho intramolecular Hbond substituents is 1. The fourth-order valence-electron chi connectivity index (χ4n) is 7.44. The van der Waals surface area contributed by atoms with Gasteiger partial charge in [-0.05, 0) is 70.6 Å². The number of aliphatic carboxylic acids is 1. The minimum Gasteiger partial charge on any atom is -0.508 e. The summed E-state index contributed by atoms with van der Waals surface area (Å²) in [5.74, 6) is -10.5. The van der Waals surface area contributed by atoms with Crippen LogP contribution in [-0.4, -0.2) is 194 Å². The van der Waals surface area contributed by atoms with Crippen LogP contribution in [-0.2, 0) is 59.2 Å². The van der Waals surface area contributed by atoms with Crippen LogP contribution in [0.1, 0.15) is 64.9 Å². The minimum atomic E-state index is -1.81. The number of aliphatic hydroxyl groups is 3. The number of aliphatic hydroxyl groups excluding tert-OH is 3. The number of carbonyl (C=O) groups excluding carboxylic acids is 10. The van der Waals surface area contributed by atoms with Crippen LogP contribution < -0.4 is 48.7 Å². The summed E-state index contributed by atoms with van der Waals surface area (Å²) >= 11 is 0. The van der Waals surface area contributed by atoms with Gasteiger partial charge in [-0.25, -0.2) is 4.79 Å². The molecular weight excluding hydrogens is 915 g/mol. The normalized spacial score (nSPS) is 18.9. The van der Waals surface area contributed by atoms with E-state index in [0.29, 0.717) is 12.0 Å². The van der Waals surface area contributed by atoms with E-state index in [9.17, 15) is 78.3 Å². The van der Waals surface area contributed by atoms with Gasteiger partial charge >= 0.3 is 5.97 Å². The van der Waals surface area contributed by atoms with Crippen LogP contribution in [0.5, 0.6) is 5.75 Å². The number of benzene rings is 1. The van der Waals surface area contributed by atoms with Crippen molar-refractivity contribution in [1.29, 1.82) is 0 Å². The SMILES string of the molecule is C[C@H](N)C(=O)N[C@@H](CCC(N)=O)C(=O)N[C@H](C(=O)N1CCC[C@H]1C(=O)N[C@@H](CO)C(=O)N[C@@H](CO)C(=O)N[C@@H](Cc1ccc(O)cc1)C(=O)NCC(=O)N[C@@H](C)C(=O)N1CCC[C@H]1C(=O)O)[C@@H](C)O. The second-order valence-electron chi connectivity index (χ2n) is 16.7. The number of hydrogen-bond donors (Lipinski definition) is 14. The molecule has 0 unspecified atom stereocenters. The predicted octanol–water partition coefficient (Wildman–Crippen LogP) is -6.98. The van der Waals surface area contributed by atoms with Gasteiger partial charge in [-0.2, -0.15) is 0 Å². The van der Waals surface area contributed by atoms with Gasteiger partial charge in [0.05, 0.1) is 31.9 Å². The van der Waals surface area contributed by atoms with Crippen molar-refractivity contribution in [2.24, 2.45) is 11.5 Å². The fourth-order valence-corrected chi connectivity index (χ4v) is 7.44. The van der Waals surface area contributed by atoms with Crippen molar-refractivity contribution in [2.75, 3.05) is 32.8 Å². The number of aromatic hydroxyl groups is 1. The van der Waals surface area contributed by atoms with Crippen LogP contribution in [0, 0.1) is 0 Å². The fraction of sp³-hybridized carbons (Fsp3) is 0.595. The number of hydrogen-bond acceptors (Lipinski definition) is 16. The monoisotopic (exact) mass is 977 g/mol. The molecular formula is C42H63N11O16. The Labute approximate surface area is 395 Å². The molecule has 1 aromatic carbocycles. The topological polar surface area (TPSA) is 432 Å². The van der Waals surface area contributed by atoms with Gasteiger partial charge < -0.3 is 84.0 Å². The van der Waals surface area contributed by atoms with E-state index in [-0.39, 0.29) is 57.4 Å². The number of nitrogens with zero attached hydrogens (tertiary/aromatic N) is 2. The molecule has 0 aliphatic carbocycles. The van der Waals surface area contributed by atoms with Crippen LogP contribution in [0.15, 0.2) is 24.3 Å². The zero-order chi connectivity index (χ0) is 51.7. The number of nitrogens with two attached hydrogens (primary N) is 2. The highest BCUT2D eigenvalue weighted by atomic mass is 16.4. The maximum atomic E-state index is 13.8. The van der Waals surface area contributed by atoms with Crippen molar-refractivity contribution < 1.29 is 78.3 Å². The molecule has 3 rings (SSSR count). The molecule has 27 heteroatoms. The standard InChI is InChI=1S/C42H63N11O16/c1-20(43)34(60)47-25(12-13-31(44)58)36(62)51-33(22(3)56)41(67)52-14-4-6-29(52)39(65)50-28(19-55)38(64)49-27(18-54)37(63)48-26(16-23-8-10-24(57)11-9-23)35(61)45-17-32(59)46-21(2)40(66)53-15-5-7-30(53)42(68)69/h8-11,20-22,25-30,33,54-57H,4-7,12-19,43H2,1-3H3,(H2,44,58)(H,45,61)(H,46,59)(H,47,60)(H,48,63)(H,49,64)(H,50,65)(H,51,62)(H,68,69)/t20-,21-,22+,25-,26-,27-,28-,29-,30-,33-/m0/s1. The molecule has 16 N–H and O–H groups in total. The average Bonchev–Trinajstić information content (AvgIpc) is 4.01. The van der Waals surface area contributed by atoms with Gasteiger partial charge in [0.25, 0.3) is 0 Å². The van der Waals surface area contributed by atoms with E-state index < -0.39 is 145 Å². The molecule has 27 nitrogen and oxygen atoms in total. The van der Waals surface area contributed by atoms with Gasteiger partial charge in [0.2, 0.25) is 59.1 Å². The van der Waals surface area contributed by atoms with E-state index in [1.165, 1.54) is 45.0 Å². The Morgan fingerprint density at radius 3 is 1.74 bits per heavy atom. The Hall–Kier alpha value is -6.97. The van der Waals surface area contributed by atoms with Gasteiger partial charge in [0, 0.05) is 25.9 Å². The van der Waals surface area contributed by atoms with Crippen molar-refractivity contribution in [3.63, 3.8) is 0 Å². The molecule has 0 bridgehead atoms. The summed E-state index contributed by atoms with van der Waals surface area (Å²) in [5, 5.41) is 66.2. The molecule has 10 amide bonds. The van der Waals surface area contributed by atoms with Gasteiger partial charge in [0.1, 0.15) is 54.1 Å². The zero-order valence-corrected chi connectivity index (χ0v) is 38.3. The summed E-state index contributed by atoms with van der Waals surface area (Å²) in [6, 6.07) is -7.27. The molecule has 0 saturated carbocycles. The Kier molecular flexibility index (Phi) is 21.7. The van der Waals surface area contributed by atoms with Crippen molar-refractivity contribution in [3.05, 3.63) is 29.8 Å². The summed E-state index contributed by atoms with van der Waals surface area (Å²) < 4.78 is 0. The zero-order valence-electron chi connectivity index (χ0n) is 38.3. The molecule has 10 atom stereocenters. The summed E-state index contributed by atoms with van der Waals surface area (Å²) in [7, 11) is 0. The molecule has 0 spiro atoms. The van der Waals surface area contributed by atoms with Crippen LogP contribution in [0.25, 0.3) is 0 Å². The minimum absolute atomic E-state index is 0.0281. The highest BCUT2D eigenvalue weighted by Gasteiger charge is 2.42. The summed E-state index contributed by atoms with van der Waals surface area (Å²) in [4.78, 5) is 144. The van der Waals surface area contributed by atoms with Crippen LogP contribution in [0.2, 0.25) is 0 Å². The molecule has 382 valence electrons. The van der Waals surface area contributed by atoms with Crippen LogP contribution >= 0.6 is 0 Å². The van der Waals surface area contributed by atoms with Crippen molar-refractivity contribution in [1.82, 2.24) is 47.0 Å².